The van der Waals surface area contributed by atoms with Gasteiger partial charge in [0.05, 0.1) is 17.2 Å². The van der Waals surface area contributed by atoms with Gasteiger partial charge >= 0.3 is 0 Å². The molecule has 0 aliphatic heterocycles. The van der Waals surface area contributed by atoms with Crippen molar-refractivity contribution >= 4 is 47.2 Å². The summed E-state index contributed by atoms with van der Waals surface area (Å²) in [6.07, 6.45) is 4.92. The lowest BCUT2D eigenvalue weighted by Crippen LogP contribution is -1.88. The summed E-state index contributed by atoms with van der Waals surface area (Å²) < 4.78 is 1.68. The maximum Gasteiger partial charge on any atom is 0.167 e. The Balaban J connectivity index is 0.000000807. The molecule has 0 bridgehead atoms. The SMILES string of the molecule is Cl.Cl.c1ccc2[nH]c(-c3ncc(-n4cncn4)s3)nc2c1. The van der Waals surface area contributed by atoms with Crippen molar-refractivity contribution in [2.24, 2.45) is 0 Å². The number of imidazole rings is 1. The average Bonchev–Trinajstić information content (AvgIpc) is 3.17. The minimum Gasteiger partial charge on any atom is -0.336 e. The summed E-state index contributed by atoms with van der Waals surface area (Å²) in [6, 6.07) is 7.92. The topological polar surface area (TPSA) is 72.3 Å². The van der Waals surface area contributed by atoms with E-state index in [0.717, 1.165) is 26.9 Å². The molecular formula is C12H10Cl2N6S. The first-order valence-electron chi connectivity index (χ1n) is 5.66. The van der Waals surface area contributed by atoms with Gasteiger partial charge in [-0.3, -0.25) is 0 Å². The predicted molar refractivity (Wildman–Crippen MR) is 86.6 cm³/mol. The molecule has 0 saturated heterocycles. The summed E-state index contributed by atoms with van der Waals surface area (Å²) in [6.45, 7) is 0. The van der Waals surface area contributed by atoms with Crippen LogP contribution < -0.4 is 0 Å². The first-order chi connectivity index (χ1) is 9.40. The van der Waals surface area contributed by atoms with Crippen LogP contribution in [0.15, 0.2) is 43.1 Å². The number of nitrogens with one attached hydrogen (secondary N) is 1. The molecule has 0 amide bonds. The predicted octanol–water partition coefficient (Wildman–Crippen LogP) is 3.11. The van der Waals surface area contributed by atoms with E-state index in [4.69, 9.17) is 0 Å². The summed E-state index contributed by atoms with van der Waals surface area (Å²) in [7, 11) is 0. The fourth-order valence-electron chi connectivity index (χ4n) is 1.86. The standard InChI is InChI=1S/C12H8N6S.2ClH/c1-2-4-9-8(3-1)16-11(17-9)12-14-5-10(19-12)18-7-13-6-15-18;;/h1-7H,(H,16,17);2*1H. The number of halogens is 2. The lowest BCUT2D eigenvalue weighted by atomic mass is 10.3. The Morgan fingerprint density at radius 3 is 2.76 bits per heavy atom. The van der Waals surface area contributed by atoms with Gasteiger partial charge in [0, 0.05) is 0 Å². The van der Waals surface area contributed by atoms with Crippen LogP contribution in [-0.2, 0) is 0 Å². The van der Waals surface area contributed by atoms with E-state index in [-0.39, 0.29) is 24.8 Å². The normalized spacial score (nSPS) is 10.1. The second-order valence-corrected chi connectivity index (χ2v) is 4.96. The van der Waals surface area contributed by atoms with E-state index in [1.54, 1.807) is 17.2 Å². The highest BCUT2D eigenvalue weighted by molar-refractivity contribution is 7.17. The molecule has 0 aliphatic rings. The summed E-state index contributed by atoms with van der Waals surface area (Å²) in [5.41, 5.74) is 1.95. The second-order valence-electron chi connectivity index (χ2n) is 3.95. The van der Waals surface area contributed by atoms with E-state index in [1.165, 1.54) is 17.7 Å². The highest BCUT2D eigenvalue weighted by Crippen LogP contribution is 2.26. The Morgan fingerprint density at radius 2 is 2.00 bits per heavy atom. The van der Waals surface area contributed by atoms with E-state index in [2.05, 4.69) is 25.0 Å². The zero-order valence-electron chi connectivity index (χ0n) is 10.5. The Morgan fingerprint density at radius 1 is 1.14 bits per heavy atom. The maximum atomic E-state index is 4.52. The Labute approximate surface area is 136 Å². The van der Waals surface area contributed by atoms with Gasteiger partial charge in [0.25, 0.3) is 0 Å². The molecule has 0 atom stereocenters. The van der Waals surface area contributed by atoms with Crippen molar-refractivity contribution in [3.05, 3.63) is 43.1 Å². The van der Waals surface area contributed by atoms with Crippen LogP contribution in [0.5, 0.6) is 0 Å². The third-order valence-corrected chi connectivity index (χ3v) is 3.72. The molecule has 4 rings (SSSR count). The molecule has 3 heterocycles. The number of aromatic nitrogens is 6. The largest absolute Gasteiger partial charge is 0.336 e. The third kappa shape index (κ3) is 2.76. The molecule has 1 aromatic carbocycles. The van der Waals surface area contributed by atoms with Crippen LogP contribution in [-0.4, -0.2) is 29.7 Å². The fraction of sp³-hybridized carbons (Fsp3) is 0. The van der Waals surface area contributed by atoms with Gasteiger partial charge in [-0.1, -0.05) is 23.5 Å². The van der Waals surface area contributed by atoms with Crippen molar-refractivity contribution in [3.63, 3.8) is 0 Å². The fourth-order valence-corrected chi connectivity index (χ4v) is 2.65. The quantitative estimate of drug-likeness (QED) is 0.608. The van der Waals surface area contributed by atoms with Gasteiger partial charge in [0.1, 0.15) is 17.7 Å². The van der Waals surface area contributed by atoms with Crippen LogP contribution in [0, 0.1) is 0 Å². The van der Waals surface area contributed by atoms with Gasteiger partial charge < -0.3 is 4.98 Å². The number of hydrogen-bond donors (Lipinski definition) is 1. The molecule has 9 heteroatoms. The van der Waals surface area contributed by atoms with Crippen LogP contribution in [0.1, 0.15) is 0 Å². The zero-order chi connectivity index (χ0) is 12.7. The number of nitrogens with zero attached hydrogens (tertiary/aromatic N) is 5. The Hall–Kier alpha value is -1.96. The Kier molecular flexibility index (Phi) is 4.56. The van der Waals surface area contributed by atoms with Crippen molar-refractivity contribution in [3.8, 4) is 15.8 Å². The minimum absolute atomic E-state index is 0. The number of thiazole rings is 1. The molecule has 4 aromatic rings. The summed E-state index contributed by atoms with van der Waals surface area (Å²) >= 11 is 1.51. The van der Waals surface area contributed by atoms with Gasteiger partial charge in [-0.05, 0) is 12.1 Å². The number of para-hydroxylation sites is 2. The molecule has 0 radical (unpaired) electrons. The number of fused-ring (bicyclic) bond motifs is 1. The summed E-state index contributed by atoms with van der Waals surface area (Å²) in [5.74, 6) is 0.776. The van der Waals surface area contributed by atoms with Gasteiger partial charge in [0.2, 0.25) is 0 Å². The maximum absolute atomic E-state index is 4.52. The number of rotatable bonds is 2. The number of aromatic amines is 1. The van der Waals surface area contributed by atoms with Gasteiger partial charge in [-0.15, -0.1) is 24.8 Å². The smallest absolute Gasteiger partial charge is 0.167 e. The number of H-pyrrole nitrogens is 1. The molecule has 0 spiro atoms. The molecule has 6 nitrogen and oxygen atoms in total. The molecule has 21 heavy (non-hydrogen) atoms. The zero-order valence-corrected chi connectivity index (χ0v) is 13.0. The van der Waals surface area contributed by atoms with Crippen molar-refractivity contribution in [2.75, 3.05) is 0 Å². The molecule has 108 valence electrons. The van der Waals surface area contributed by atoms with E-state index >= 15 is 0 Å². The molecule has 0 saturated carbocycles. The Bertz CT molecular complexity index is 805. The van der Waals surface area contributed by atoms with Crippen LogP contribution in [0.25, 0.3) is 26.9 Å². The van der Waals surface area contributed by atoms with Crippen LogP contribution >= 0.6 is 36.2 Å². The van der Waals surface area contributed by atoms with E-state index in [1.807, 2.05) is 24.3 Å². The van der Waals surface area contributed by atoms with Crippen molar-refractivity contribution in [1.82, 2.24) is 29.7 Å². The van der Waals surface area contributed by atoms with Gasteiger partial charge in [-0.25, -0.2) is 19.6 Å². The summed E-state index contributed by atoms with van der Waals surface area (Å²) in [4.78, 5) is 16.1. The first kappa shape index (κ1) is 15.4. The lowest BCUT2D eigenvalue weighted by molar-refractivity contribution is 0.893. The number of hydrogen-bond acceptors (Lipinski definition) is 5. The minimum atomic E-state index is 0. The molecule has 1 N–H and O–H groups in total. The van der Waals surface area contributed by atoms with Crippen LogP contribution in [0.3, 0.4) is 0 Å². The first-order valence-corrected chi connectivity index (χ1v) is 6.48. The van der Waals surface area contributed by atoms with Gasteiger partial charge in [-0.2, -0.15) is 5.10 Å². The molecule has 0 fully saturated rings. The molecular weight excluding hydrogens is 331 g/mol. The van der Waals surface area contributed by atoms with E-state index in [0.29, 0.717) is 0 Å². The highest BCUT2D eigenvalue weighted by Gasteiger charge is 2.10. The lowest BCUT2D eigenvalue weighted by Gasteiger charge is -1.90. The average molecular weight is 341 g/mol. The van der Waals surface area contributed by atoms with Gasteiger partial charge in [0.15, 0.2) is 10.8 Å². The highest BCUT2D eigenvalue weighted by atomic mass is 35.5. The van der Waals surface area contributed by atoms with Crippen molar-refractivity contribution in [2.45, 2.75) is 0 Å². The van der Waals surface area contributed by atoms with E-state index < -0.39 is 0 Å². The molecule has 0 unspecified atom stereocenters. The molecule has 3 aromatic heterocycles. The van der Waals surface area contributed by atoms with Crippen molar-refractivity contribution in [1.29, 1.82) is 0 Å². The van der Waals surface area contributed by atoms with Crippen LogP contribution in [0.2, 0.25) is 0 Å². The number of benzene rings is 1. The monoisotopic (exact) mass is 340 g/mol. The summed E-state index contributed by atoms with van der Waals surface area (Å²) in [5, 5.41) is 5.83. The van der Waals surface area contributed by atoms with Crippen LogP contribution in [0.4, 0.5) is 0 Å². The third-order valence-electron chi connectivity index (χ3n) is 2.73. The van der Waals surface area contributed by atoms with E-state index in [9.17, 15) is 0 Å². The molecule has 0 aliphatic carbocycles. The second kappa shape index (κ2) is 6.21. The van der Waals surface area contributed by atoms with Crippen molar-refractivity contribution < 1.29 is 0 Å².